The first-order chi connectivity index (χ1) is 12.4. The van der Waals surface area contributed by atoms with Crippen LogP contribution in [0.15, 0.2) is 30.3 Å². The molecule has 0 radical (unpaired) electrons. The predicted octanol–water partition coefficient (Wildman–Crippen LogP) is 3.03. The molecule has 0 aromatic heterocycles. The molecule has 1 unspecified atom stereocenters. The van der Waals surface area contributed by atoms with Gasteiger partial charge in [-0.3, -0.25) is 4.79 Å². The van der Waals surface area contributed by atoms with Crippen LogP contribution in [-0.2, 0) is 0 Å². The third-order valence-corrected chi connectivity index (χ3v) is 6.06. The van der Waals surface area contributed by atoms with E-state index in [-0.39, 0.29) is 33.0 Å². The SMILES string of the molecule is CCCCCCOc1ccc(PC(=O)c2c(C)cc(C)c(C)c2C)cc1.[Li+]. The van der Waals surface area contributed by atoms with Gasteiger partial charge in [-0.15, -0.1) is 0 Å². The average Bonchev–Trinajstić information content (AvgIpc) is 2.61. The molecule has 0 bridgehead atoms. The van der Waals surface area contributed by atoms with Gasteiger partial charge < -0.3 is 4.74 Å². The Morgan fingerprint density at radius 3 is 2.22 bits per heavy atom. The Hall–Kier alpha value is -1.06. The van der Waals surface area contributed by atoms with Gasteiger partial charge in [-0.25, -0.2) is 0 Å². The van der Waals surface area contributed by atoms with Gasteiger partial charge in [-0.05, 0) is 82.4 Å². The van der Waals surface area contributed by atoms with Crippen molar-refractivity contribution in [2.75, 3.05) is 6.61 Å². The molecule has 0 aliphatic rings. The third kappa shape index (κ3) is 6.80. The second-order valence-corrected chi connectivity index (χ2v) is 8.30. The number of ether oxygens (including phenoxy) is 1. The van der Waals surface area contributed by atoms with Gasteiger partial charge in [0.15, 0.2) is 5.52 Å². The van der Waals surface area contributed by atoms with Crippen LogP contribution >= 0.6 is 8.58 Å². The van der Waals surface area contributed by atoms with Gasteiger partial charge >= 0.3 is 18.9 Å². The number of carbonyl (C=O) groups is 1. The minimum Gasteiger partial charge on any atom is -0.494 e. The van der Waals surface area contributed by atoms with Crippen molar-refractivity contribution in [2.45, 2.75) is 60.3 Å². The zero-order chi connectivity index (χ0) is 19.1. The molecule has 0 saturated heterocycles. The van der Waals surface area contributed by atoms with Gasteiger partial charge in [0, 0.05) is 5.56 Å². The van der Waals surface area contributed by atoms with E-state index in [1.807, 2.05) is 31.2 Å². The molecule has 0 spiro atoms. The summed E-state index contributed by atoms with van der Waals surface area (Å²) in [5.41, 5.74) is 5.78. The summed E-state index contributed by atoms with van der Waals surface area (Å²) in [6.45, 7) is 11.3. The van der Waals surface area contributed by atoms with Crippen molar-refractivity contribution >= 4 is 19.4 Å². The summed E-state index contributed by atoms with van der Waals surface area (Å²) in [7, 11) is 0.146. The van der Waals surface area contributed by atoms with E-state index in [4.69, 9.17) is 4.74 Å². The Balaban J connectivity index is 0.00000364. The van der Waals surface area contributed by atoms with Crippen LogP contribution in [-0.4, -0.2) is 12.1 Å². The fourth-order valence-electron chi connectivity index (χ4n) is 3.18. The summed E-state index contributed by atoms with van der Waals surface area (Å²) >= 11 is 0. The van der Waals surface area contributed by atoms with Crippen LogP contribution in [0.4, 0.5) is 0 Å². The molecule has 1 atom stereocenters. The van der Waals surface area contributed by atoms with Gasteiger partial charge in [0.05, 0.1) is 6.61 Å². The van der Waals surface area contributed by atoms with E-state index >= 15 is 0 Å². The molecule has 0 N–H and O–H groups in total. The summed E-state index contributed by atoms with van der Waals surface area (Å²) in [5, 5.41) is 1.06. The van der Waals surface area contributed by atoms with E-state index in [1.165, 1.54) is 30.4 Å². The van der Waals surface area contributed by atoms with Crippen LogP contribution < -0.4 is 28.9 Å². The van der Waals surface area contributed by atoms with E-state index in [0.717, 1.165) is 40.8 Å². The number of rotatable bonds is 9. The second kappa shape index (κ2) is 11.7. The Bertz CT molecular complexity index is 754. The van der Waals surface area contributed by atoms with Gasteiger partial charge in [0.25, 0.3) is 0 Å². The van der Waals surface area contributed by atoms with Crippen LogP contribution in [0.2, 0.25) is 0 Å². The standard InChI is InChI=1S/C23H31O2P.Li/c1-6-7-8-9-14-25-20-10-12-21(13-11-20)26-23(24)22-17(3)15-16(2)18(4)19(22)5;/h10-13,15,26H,6-9,14H2,1-5H3;/q;+1. The number of unbranched alkanes of at least 4 members (excludes halogenated alkanes) is 3. The number of carbonyl (C=O) groups excluding carboxylic acids is 1. The van der Waals surface area contributed by atoms with E-state index in [9.17, 15) is 4.79 Å². The molecule has 27 heavy (non-hydrogen) atoms. The quantitative estimate of drug-likeness (QED) is 0.382. The minimum atomic E-state index is 0. The molecule has 0 fully saturated rings. The summed E-state index contributed by atoms with van der Waals surface area (Å²) in [6, 6.07) is 10.1. The Morgan fingerprint density at radius 2 is 1.59 bits per heavy atom. The Labute approximate surface area is 178 Å². The van der Waals surface area contributed by atoms with E-state index in [1.54, 1.807) is 0 Å². The molecule has 0 aliphatic carbocycles. The predicted molar refractivity (Wildman–Crippen MR) is 114 cm³/mol. The van der Waals surface area contributed by atoms with E-state index in [2.05, 4.69) is 33.8 Å². The molecule has 2 aromatic rings. The first-order valence-electron chi connectivity index (χ1n) is 9.55. The van der Waals surface area contributed by atoms with E-state index in [0.29, 0.717) is 0 Å². The van der Waals surface area contributed by atoms with Crippen molar-refractivity contribution in [1.82, 2.24) is 0 Å². The fraction of sp³-hybridized carbons (Fsp3) is 0.435. The van der Waals surface area contributed by atoms with Crippen LogP contribution in [0.5, 0.6) is 5.75 Å². The van der Waals surface area contributed by atoms with Crippen molar-refractivity contribution in [3.63, 3.8) is 0 Å². The Kier molecular flexibility index (Phi) is 10.4. The smallest absolute Gasteiger partial charge is 0.494 e. The topological polar surface area (TPSA) is 26.3 Å². The van der Waals surface area contributed by atoms with Crippen molar-refractivity contribution in [3.05, 3.63) is 58.1 Å². The first-order valence-corrected chi connectivity index (χ1v) is 10.6. The van der Waals surface area contributed by atoms with Crippen LogP contribution in [0.1, 0.15) is 65.2 Å². The molecule has 4 heteroatoms. The zero-order valence-electron chi connectivity index (χ0n) is 17.7. The van der Waals surface area contributed by atoms with Crippen molar-refractivity contribution in [3.8, 4) is 5.75 Å². The zero-order valence-corrected chi connectivity index (χ0v) is 18.7. The van der Waals surface area contributed by atoms with Crippen molar-refractivity contribution in [1.29, 1.82) is 0 Å². The minimum absolute atomic E-state index is 0. The number of hydrogen-bond acceptors (Lipinski definition) is 2. The summed E-state index contributed by atoms with van der Waals surface area (Å²) in [4.78, 5) is 12.9. The number of hydrogen-bond donors (Lipinski definition) is 0. The maximum absolute atomic E-state index is 12.9. The largest absolute Gasteiger partial charge is 1.00 e. The maximum Gasteiger partial charge on any atom is 1.00 e. The molecule has 0 saturated carbocycles. The number of aryl methyl sites for hydroxylation is 2. The molecular weight excluding hydrogens is 346 g/mol. The second-order valence-electron chi connectivity index (χ2n) is 7.02. The van der Waals surface area contributed by atoms with Gasteiger partial charge in [-0.2, -0.15) is 0 Å². The molecule has 0 heterocycles. The molecular formula is C23H31LiO2P+. The monoisotopic (exact) mass is 377 g/mol. The summed E-state index contributed by atoms with van der Waals surface area (Å²) < 4.78 is 5.78. The molecule has 2 aromatic carbocycles. The number of benzene rings is 2. The maximum atomic E-state index is 12.9. The molecule has 0 amide bonds. The first kappa shape index (κ1) is 24.0. The molecule has 0 aliphatic heterocycles. The molecule has 2 rings (SSSR count). The van der Waals surface area contributed by atoms with Crippen LogP contribution in [0.25, 0.3) is 0 Å². The average molecular weight is 377 g/mol. The van der Waals surface area contributed by atoms with Crippen LogP contribution in [0, 0.1) is 27.7 Å². The Morgan fingerprint density at radius 1 is 0.926 bits per heavy atom. The third-order valence-electron chi connectivity index (χ3n) is 4.96. The summed E-state index contributed by atoms with van der Waals surface area (Å²) in [6.07, 6.45) is 4.83. The van der Waals surface area contributed by atoms with Gasteiger partial charge in [0.1, 0.15) is 5.75 Å². The van der Waals surface area contributed by atoms with Crippen molar-refractivity contribution < 1.29 is 28.4 Å². The molecule has 2 nitrogen and oxygen atoms in total. The summed E-state index contributed by atoms with van der Waals surface area (Å²) in [5.74, 6) is 0.890. The van der Waals surface area contributed by atoms with Crippen molar-refractivity contribution in [2.24, 2.45) is 0 Å². The normalized spacial score (nSPS) is 10.9. The van der Waals surface area contributed by atoms with Crippen LogP contribution in [0.3, 0.4) is 0 Å². The molecule has 140 valence electrons. The fourth-order valence-corrected chi connectivity index (χ4v) is 4.29. The van der Waals surface area contributed by atoms with Gasteiger partial charge in [0.2, 0.25) is 0 Å². The van der Waals surface area contributed by atoms with Gasteiger partial charge in [-0.1, -0.05) is 44.4 Å². The van der Waals surface area contributed by atoms with E-state index < -0.39 is 0 Å².